The number of esters is 1. The number of nitrogens with one attached hydrogen (secondary N) is 2. The Labute approximate surface area is 177 Å². The standard InChI is InChI=1S/C25H27N3O2/c1-24(2,3)30-23(29)22-19-13-18(9-10-20(19)28-21(22)15-26)25(11-12-27-16-25)14-17-7-5-4-6-8-17/h4-10,13,27-28H,11-12,14,16H2,1-3H3. The molecular formula is C25H27N3O2. The Morgan fingerprint density at radius 3 is 2.60 bits per heavy atom. The highest BCUT2D eigenvalue weighted by Gasteiger charge is 2.36. The zero-order chi connectivity index (χ0) is 21.4. The first-order valence-electron chi connectivity index (χ1n) is 10.4. The van der Waals surface area contributed by atoms with E-state index < -0.39 is 11.6 Å². The third-order valence-electron chi connectivity index (χ3n) is 5.75. The van der Waals surface area contributed by atoms with Gasteiger partial charge in [0.25, 0.3) is 0 Å². The van der Waals surface area contributed by atoms with Gasteiger partial charge in [-0.1, -0.05) is 36.4 Å². The number of carbonyl (C=O) groups excluding carboxylic acids is 1. The van der Waals surface area contributed by atoms with E-state index in [1.807, 2.05) is 32.9 Å². The number of aromatic nitrogens is 1. The zero-order valence-electron chi connectivity index (χ0n) is 17.7. The molecule has 0 bridgehead atoms. The van der Waals surface area contributed by atoms with Crippen molar-refractivity contribution in [3.05, 3.63) is 70.9 Å². The number of nitrogens with zero attached hydrogens (tertiary/aromatic N) is 1. The van der Waals surface area contributed by atoms with E-state index in [1.165, 1.54) is 11.1 Å². The van der Waals surface area contributed by atoms with Crippen molar-refractivity contribution in [1.29, 1.82) is 5.26 Å². The molecule has 1 fully saturated rings. The summed E-state index contributed by atoms with van der Waals surface area (Å²) in [7, 11) is 0. The maximum atomic E-state index is 12.9. The fraction of sp³-hybridized carbons (Fsp3) is 0.360. The first-order valence-corrected chi connectivity index (χ1v) is 10.4. The Morgan fingerprint density at radius 1 is 1.20 bits per heavy atom. The summed E-state index contributed by atoms with van der Waals surface area (Å²) in [6, 6.07) is 18.8. The molecule has 0 saturated carbocycles. The molecule has 2 heterocycles. The second-order valence-electron chi connectivity index (χ2n) is 9.12. The van der Waals surface area contributed by atoms with Crippen LogP contribution < -0.4 is 5.32 Å². The van der Waals surface area contributed by atoms with Crippen LogP contribution in [0, 0.1) is 11.3 Å². The highest BCUT2D eigenvalue weighted by atomic mass is 16.6. The van der Waals surface area contributed by atoms with Gasteiger partial charge in [0.2, 0.25) is 0 Å². The van der Waals surface area contributed by atoms with Crippen molar-refractivity contribution >= 4 is 16.9 Å². The van der Waals surface area contributed by atoms with Crippen molar-refractivity contribution in [2.24, 2.45) is 0 Å². The lowest BCUT2D eigenvalue weighted by molar-refractivity contribution is 0.00715. The van der Waals surface area contributed by atoms with Crippen molar-refractivity contribution in [1.82, 2.24) is 10.3 Å². The second-order valence-corrected chi connectivity index (χ2v) is 9.12. The fourth-order valence-corrected chi connectivity index (χ4v) is 4.38. The van der Waals surface area contributed by atoms with Crippen molar-refractivity contribution < 1.29 is 9.53 Å². The molecule has 0 aliphatic carbocycles. The van der Waals surface area contributed by atoms with E-state index in [4.69, 9.17) is 4.74 Å². The van der Waals surface area contributed by atoms with Gasteiger partial charge >= 0.3 is 5.97 Å². The van der Waals surface area contributed by atoms with Gasteiger partial charge in [0.05, 0.1) is 0 Å². The summed E-state index contributed by atoms with van der Waals surface area (Å²) in [5.74, 6) is -0.468. The molecule has 1 unspecified atom stereocenters. The maximum absolute atomic E-state index is 12.9. The summed E-state index contributed by atoms with van der Waals surface area (Å²) in [6.45, 7) is 7.33. The van der Waals surface area contributed by atoms with Crippen LogP contribution in [0.2, 0.25) is 0 Å². The Morgan fingerprint density at radius 2 is 1.97 bits per heavy atom. The third-order valence-corrected chi connectivity index (χ3v) is 5.75. The van der Waals surface area contributed by atoms with Gasteiger partial charge in [-0.05, 0) is 63.4 Å². The Hall–Kier alpha value is -3.10. The maximum Gasteiger partial charge on any atom is 0.342 e. The minimum absolute atomic E-state index is 0.0508. The van der Waals surface area contributed by atoms with Gasteiger partial charge in [-0.25, -0.2) is 4.79 Å². The van der Waals surface area contributed by atoms with E-state index in [1.54, 1.807) is 0 Å². The van der Waals surface area contributed by atoms with E-state index in [0.29, 0.717) is 5.56 Å². The van der Waals surface area contributed by atoms with E-state index in [-0.39, 0.29) is 11.1 Å². The fourth-order valence-electron chi connectivity index (χ4n) is 4.38. The predicted octanol–water partition coefficient (Wildman–Crippen LogP) is 4.47. The number of H-pyrrole nitrogens is 1. The van der Waals surface area contributed by atoms with Crippen LogP contribution in [0.5, 0.6) is 0 Å². The quantitative estimate of drug-likeness (QED) is 0.633. The molecule has 3 aromatic rings. The molecule has 154 valence electrons. The van der Waals surface area contributed by atoms with Crippen LogP contribution in [-0.2, 0) is 16.6 Å². The van der Waals surface area contributed by atoms with Gasteiger partial charge in [-0.15, -0.1) is 0 Å². The van der Waals surface area contributed by atoms with Crippen molar-refractivity contribution in [2.45, 2.75) is 44.6 Å². The number of hydrogen-bond acceptors (Lipinski definition) is 4. The number of ether oxygens (including phenoxy) is 1. The molecule has 1 atom stereocenters. The summed E-state index contributed by atoms with van der Waals surface area (Å²) >= 11 is 0. The first-order chi connectivity index (χ1) is 14.3. The summed E-state index contributed by atoms with van der Waals surface area (Å²) in [5.41, 5.74) is 3.14. The Balaban J connectivity index is 1.81. The molecule has 2 N–H and O–H groups in total. The molecule has 1 aromatic heterocycles. The minimum Gasteiger partial charge on any atom is -0.456 e. The number of aromatic amines is 1. The van der Waals surface area contributed by atoms with Crippen LogP contribution in [0.15, 0.2) is 48.5 Å². The lowest BCUT2D eigenvalue weighted by atomic mass is 9.74. The number of carbonyl (C=O) groups is 1. The molecule has 0 radical (unpaired) electrons. The van der Waals surface area contributed by atoms with Gasteiger partial charge in [0.1, 0.15) is 22.9 Å². The molecule has 0 spiro atoms. The lowest BCUT2D eigenvalue weighted by Crippen LogP contribution is -2.31. The number of hydrogen-bond donors (Lipinski definition) is 2. The van der Waals surface area contributed by atoms with Crippen LogP contribution in [0.1, 0.15) is 54.4 Å². The average Bonchev–Trinajstić information content (AvgIpc) is 3.31. The van der Waals surface area contributed by atoms with Crippen molar-refractivity contribution in [3.8, 4) is 6.07 Å². The SMILES string of the molecule is CC(C)(C)OC(=O)c1c(C#N)[nH]c2ccc(C3(Cc4ccccc4)CCNC3)cc12. The Bertz CT molecular complexity index is 1110. The summed E-state index contributed by atoms with van der Waals surface area (Å²) in [4.78, 5) is 16.0. The van der Waals surface area contributed by atoms with Gasteiger partial charge in [0, 0.05) is 22.9 Å². The van der Waals surface area contributed by atoms with Crippen molar-refractivity contribution in [2.75, 3.05) is 13.1 Å². The van der Waals surface area contributed by atoms with Gasteiger partial charge in [0.15, 0.2) is 0 Å². The number of fused-ring (bicyclic) bond motifs is 1. The molecule has 1 aliphatic rings. The normalized spacial score (nSPS) is 19.0. The van der Waals surface area contributed by atoms with Crippen LogP contribution in [0.25, 0.3) is 10.9 Å². The second kappa shape index (κ2) is 7.62. The molecule has 1 aliphatic heterocycles. The van der Waals surface area contributed by atoms with Gasteiger partial charge in [-0.3, -0.25) is 0 Å². The van der Waals surface area contributed by atoms with Crippen LogP contribution in [0.4, 0.5) is 0 Å². The number of benzene rings is 2. The van der Waals surface area contributed by atoms with Crippen LogP contribution in [0.3, 0.4) is 0 Å². The van der Waals surface area contributed by atoms with E-state index in [9.17, 15) is 10.1 Å². The third kappa shape index (κ3) is 3.83. The monoisotopic (exact) mass is 401 g/mol. The topological polar surface area (TPSA) is 77.9 Å². The largest absolute Gasteiger partial charge is 0.456 e. The van der Waals surface area contributed by atoms with Crippen LogP contribution >= 0.6 is 0 Å². The molecule has 5 nitrogen and oxygen atoms in total. The zero-order valence-corrected chi connectivity index (χ0v) is 17.7. The summed E-state index contributed by atoms with van der Waals surface area (Å²) in [6.07, 6.45) is 1.94. The Kier molecular flexibility index (Phi) is 5.13. The minimum atomic E-state index is -0.630. The molecule has 5 heteroatoms. The highest BCUT2D eigenvalue weighted by Crippen LogP contribution is 2.37. The molecule has 1 saturated heterocycles. The van der Waals surface area contributed by atoms with Crippen molar-refractivity contribution in [3.63, 3.8) is 0 Å². The van der Waals surface area contributed by atoms with E-state index >= 15 is 0 Å². The van der Waals surface area contributed by atoms with Gasteiger partial charge < -0.3 is 15.0 Å². The molecule has 0 amide bonds. The highest BCUT2D eigenvalue weighted by molar-refractivity contribution is 6.06. The predicted molar refractivity (Wildman–Crippen MR) is 117 cm³/mol. The number of nitriles is 1. The summed E-state index contributed by atoms with van der Waals surface area (Å²) in [5, 5.41) is 13.9. The average molecular weight is 402 g/mol. The lowest BCUT2D eigenvalue weighted by Gasteiger charge is -2.29. The molecule has 4 rings (SSSR count). The molecular weight excluding hydrogens is 374 g/mol. The van der Waals surface area contributed by atoms with E-state index in [2.05, 4.69) is 52.8 Å². The van der Waals surface area contributed by atoms with Crippen LogP contribution in [-0.4, -0.2) is 29.6 Å². The first kappa shape index (κ1) is 20.2. The van der Waals surface area contributed by atoms with E-state index in [0.717, 1.165) is 36.8 Å². The smallest absolute Gasteiger partial charge is 0.342 e. The van der Waals surface area contributed by atoms with Gasteiger partial charge in [-0.2, -0.15) is 5.26 Å². The summed E-state index contributed by atoms with van der Waals surface area (Å²) < 4.78 is 5.60. The molecule has 2 aromatic carbocycles. The number of rotatable bonds is 4. The molecule has 30 heavy (non-hydrogen) atoms.